The van der Waals surface area contributed by atoms with Crippen LogP contribution in [0, 0.1) is 0 Å². The van der Waals surface area contributed by atoms with Crippen molar-refractivity contribution in [2.24, 2.45) is 0 Å². The van der Waals surface area contributed by atoms with Gasteiger partial charge in [0.15, 0.2) is 23.0 Å². The minimum atomic E-state index is -0.263. The van der Waals surface area contributed by atoms with Gasteiger partial charge < -0.3 is 19.3 Å². The Kier molecular flexibility index (Phi) is 4.47. The second-order valence-corrected chi connectivity index (χ2v) is 4.77. The molecule has 0 saturated carbocycles. The summed E-state index contributed by atoms with van der Waals surface area (Å²) in [6.07, 6.45) is 0. The molecule has 0 radical (unpaired) electrons. The Morgan fingerprint density at radius 3 is 2.52 bits per heavy atom. The summed E-state index contributed by atoms with van der Waals surface area (Å²) in [5.41, 5.74) is 0.997. The molecule has 1 aromatic carbocycles. The molecule has 0 atom stereocenters. The molecule has 6 heteroatoms. The molecule has 21 heavy (non-hydrogen) atoms. The van der Waals surface area contributed by atoms with Gasteiger partial charge in [-0.3, -0.25) is 4.79 Å². The number of amides is 1. The largest absolute Gasteiger partial charge is 0.493 e. The van der Waals surface area contributed by atoms with Crippen LogP contribution in [0.25, 0.3) is 11.3 Å². The molecule has 6 nitrogen and oxygen atoms in total. The molecule has 0 aliphatic heterocycles. The van der Waals surface area contributed by atoms with Gasteiger partial charge in [-0.15, -0.1) is 0 Å². The number of nitrogens with one attached hydrogen (secondary N) is 1. The highest BCUT2D eigenvalue weighted by Crippen LogP contribution is 2.32. The van der Waals surface area contributed by atoms with Crippen molar-refractivity contribution in [2.75, 3.05) is 14.2 Å². The van der Waals surface area contributed by atoms with Crippen LogP contribution in [0.1, 0.15) is 24.3 Å². The zero-order valence-electron chi connectivity index (χ0n) is 12.5. The van der Waals surface area contributed by atoms with Crippen molar-refractivity contribution in [3.05, 3.63) is 30.0 Å². The summed E-state index contributed by atoms with van der Waals surface area (Å²) in [6.45, 7) is 3.76. The molecule has 1 N–H and O–H groups in total. The minimum Gasteiger partial charge on any atom is -0.493 e. The molecule has 2 aromatic rings. The van der Waals surface area contributed by atoms with Crippen molar-refractivity contribution in [2.45, 2.75) is 19.9 Å². The van der Waals surface area contributed by atoms with Gasteiger partial charge in [-0.25, -0.2) is 0 Å². The Morgan fingerprint density at radius 2 is 1.90 bits per heavy atom. The molecule has 112 valence electrons. The van der Waals surface area contributed by atoms with Crippen molar-refractivity contribution in [3.63, 3.8) is 0 Å². The number of ether oxygens (including phenoxy) is 2. The fraction of sp³-hybridized carbons (Fsp3) is 0.333. The lowest BCUT2D eigenvalue weighted by atomic mass is 10.1. The summed E-state index contributed by atoms with van der Waals surface area (Å²) in [7, 11) is 3.13. The lowest BCUT2D eigenvalue weighted by Gasteiger charge is -2.07. The van der Waals surface area contributed by atoms with Crippen LogP contribution in [0.15, 0.2) is 28.8 Å². The van der Waals surface area contributed by atoms with Crippen LogP contribution in [0.4, 0.5) is 0 Å². The van der Waals surface area contributed by atoms with E-state index in [0.29, 0.717) is 17.3 Å². The van der Waals surface area contributed by atoms with Gasteiger partial charge in [0.25, 0.3) is 5.91 Å². The number of aromatic nitrogens is 1. The van der Waals surface area contributed by atoms with Gasteiger partial charge in [-0.1, -0.05) is 5.16 Å². The van der Waals surface area contributed by atoms with Crippen LogP contribution in [0.5, 0.6) is 11.5 Å². The molecule has 0 aliphatic carbocycles. The average Bonchev–Trinajstić information content (AvgIpc) is 2.95. The molecule has 2 rings (SSSR count). The summed E-state index contributed by atoms with van der Waals surface area (Å²) in [5.74, 6) is 1.43. The number of hydrogen-bond donors (Lipinski definition) is 1. The maximum atomic E-state index is 11.8. The Labute approximate surface area is 123 Å². The predicted molar refractivity (Wildman–Crippen MR) is 77.6 cm³/mol. The van der Waals surface area contributed by atoms with Gasteiger partial charge in [-0.2, -0.15) is 0 Å². The highest BCUT2D eigenvalue weighted by Gasteiger charge is 2.15. The zero-order valence-corrected chi connectivity index (χ0v) is 12.5. The maximum absolute atomic E-state index is 11.8. The topological polar surface area (TPSA) is 73.6 Å². The van der Waals surface area contributed by atoms with Gasteiger partial charge in [0.05, 0.1) is 14.2 Å². The molecule has 0 unspecified atom stereocenters. The van der Waals surface area contributed by atoms with Crippen molar-refractivity contribution in [3.8, 4) is 22.8 Å². The van der Waals surface area contributed by atoms with Crippen molar-refractivity contribution < 1.29 is 18.8 Å². The van der Waals surface area contributed by atoms with Crippen molar-refractivity contribution >= 4 is 5.91 Å². The highest BCUT2D eigenvalue weighted by molar-refractivity contribution is 5.93. The summed E-state index contributed by atoms with van der Waals surface area (Å²) in [6, 6.07) is 6.98. The Balaban J connectivity index is 2.27. The van der Waals surface area contributed by atoms with Gasteiger partial charge in [0.2, 0.25) is 0 Å². The fourth-order valence-electron chi connectivity index (χ4n) is 1.84. The first-order valence-corrected chi connectivity index (χ1v) is 6.55. The van der Waals surface area contributed by atoms with E-state index in [-0.39, 0.29) is 17.6 Å². The monoisotopic (exact) mass is 290 g/mol. The van der Waals surface area contributed by atoms with Gasteiger partial charge in [-0.05, 0) is 32.0 Å². The highest BCUT2D eigenvalue weighted by atomic mass is 16.5. The van der Waals surface area contributed by atoms with Gasteiger partial charge in [0, 0.05) is 17.7 Å². The number of carbonyl (C=O) groups excluding carboxylic acids is 1. The van der Waals surface area contributed by atoms with Gasteiger partial charge >= 0.3 is 0 Å². The van der Waals surface area contributed by atoms with E-state index in [0.717, 1.165) is 5.56 Å². The molecular weight excluding hydrogens is 272 g/mol. The normalized spacial score (nSPS) is 10.5. The molecule has 0 bridgehead atoms. The lowest BCUT2D eigenvalue weighted by molar-refractivity contribution is 0.0934. The van der Waals surface area contributed by atoms with E-state index in [1.54, 1.807) is 32.4 Å². The Morgan fingerprint density at radius 1 is 1.19 bits per heavy atom. The Hall–Kier alpha value is -2.50. The molecule has 0 aliphatic rings. The van der Waals surface area contributed by atoms with E-state index >= 15 is 0 Å². The SMILES string of the molecule is COc1ccc(-c2cc(C(=O)NC(C)C)no2)cc1OC. The molecule has 0 saturated heterocycles. The van der Waals surface area contributed by atoms with E-state index < -0.39 is 0 Å². The first-order chi connectivity index (χ1) is 10.0. The van der Waals surface area contributed by atoms with Crippen LogP contribution in [0.3, 0.4) is 0 Å². The first-order valence-electron chi connectivity index (χ1n) is 6.55. The van der Waals surface area contributed by atoms with Crippen LogP contribution in [-0.4, -0.2) is 31.3 Å². The number of benzene rings is 1. The molecule has 0 fully saturated rings. The van der Waals surface area contributed by atoms with Gasteiger partial charge in [0.1, 0.15) is 0 Å². The quantitative estimate of drug-likeness (QED) is 0.915. The van der Waals surface area contributed by atoms with E-state index in [4.69, 9.17) is 14.0 Å². The van der Waals surface area contributed by atoms with Crippen LogP contribution in [-0.2, 0) is 0 Å². The first kappa shape index (κ1) is 14.9. The zero-order chi connectivity index (χ0) is 15.4. The molecule has 1 aromatic heterocycles. The minimum absolute atomic E-state index is 0.0405. The lowest BCUT2D eigenvalue weighted by Crippen LogP contribution is -2.30. The second kappa shape index (κ2) is 6.30. The van der Waals surface area contributed by atoms with E-state index in [9.17, 15) is 4.79 Å². The fourth-order valence-corrected chi connectivity index (χ4v) is 1.84. The van der Waals surface area contributed by atoms with E-state index in [1.165, 1.54) is 0 Å². The summed E-state index contributed by atoms with van der Waals surface area (Å²) >= 11 is 0. The molecule has 0 spiro atoms. The predicted octanol–water partition coefficient (Wildman–Crippen LogP) is 2.50. The second-order valence-electron chi connectivity index (χ2n) is 4.77. The smallest absolute Gasteiger partial charge is 0.273 e. The molecule has 1 heterocycles. The summed E-state index contributed by atoms with van der Waals surface area (Å²) in [5, 5.41) is 6.54. The number of hydrogen-bond acceptors (Lipinski definition) is 5. The number of nitrogens with zero attached hydrogens (tertiary/aromatic N) is 1. The molecular formula is C15H18N2O4. The maximum Gasteiger partial charge on any atom is 0.273 e. The van der Waals surface area contributed by atoms with Crippen LogP contribution in [0.2, 0.25) is 0 Å². The summed E-state index contributed by atoms with van der Waals surface area (Å²) < 4.78 is 15.6. The third-order valence-corrected chi connectivity index (χ3v) is 2.83. The Bertz CT molecular complexity index is 634. The van der Waals surface area contributed by atoms with Crippen LogP contribution < -0.4 is 14.8 Å². The number of rotatable bonds is 5. The number of carbonyl (C=O) groups is 1. The third kappa shape index (κ3) is 3.34. The number of methoxy groups -OCH3 is 2. The van der Waals surface area contributed by atoms with Crippen molar-refractivity contribution in [1.82, 2.24) is 10.5 Å². The third-order valence-electron chi connectivity index (χ3n) is 2.83. The van der Waals surface area contributed by atoms with E-state index in [1.807, 2.05) is 19.9 Å². The molecule has 1 amide bonds. The standard InChI is InChI=1S/C15H18N2O4/c1-9(2)16-15(18)11-8-13(21-17-11)10-5-6-12(19-3)14(7-10)20-4/h5-9H,1-4H3,(H,16,18). The summed E-state index contributed by atoms with van der Waals surface area (Å²) in [4.78, 5) is 11.8. The van der Waals surface area contributed by atoms with E-state index in [2.05, 4.69) is 10.5 Å². The van der Waals surface area contributed by atoms with Crippen LogP contribution >= 0.6 is 0 Å². The average molecular weight is 290 g/mol. The van der Waals surface area contributed by atoms with Crippen molar-refractivity contribution in [1.29, 1.82) is 0 Å².